The van der Waals surface area contributed by atoms with E-state index in [1.54, 1.807) is 0 Å². The van der Waals surface area contributed by atoms with Gasteiger partial charge in [-0.25, -0.2) is 14.8 Å². The van der Waals surface area contributed by atoms with Crippen LogP contribution in [0.3, 0.4) is 0 Å². The van der Waals surface area contributed by atoms with Gasteiger partial charge >= 0.3 is 5.97 Å². The number of aromatic nitrogens is 2. The average Bonchev–Trinajstić information content (AvgIpc) is 2.68. The van der Waals surface area contributed by atoms with Gasteiger partial charge in [0.05, 0.1) is 6.61 Å². The van der Waals surface area contributed by atoms with Crippen LogP contribution >= 0.6 is 0 Å². The summed E-state index contributed by atoms with van der Waals surface area (Å²) in [5, 5.41) is 0. The van der Waals surface area contributed by atoms with Gasteiger partial charge < -0.3 is 14.5 Å². The molecule has 0 N–H and O–H groups in total. The summed E-state index contributed by atoms with van der Waals surface area (Å²) >= 11 is 0. The van der Waals surface area contributed by atoms with Crippen molar-refractivity contribution in [3.05, 3.63) is 47.3 Å². The molecule has 4 rings (SSSR count). The Balaban J connectivity index is 1.62. The lowest BCUT2D eigenvalue weighted by molar-refractivity contribution is 0.0480. The molecule has 2 aliphatic rings. The standard InChI is InChI=1S/C20H24N4O2/c1-14(2)16-13-15-6-12-26-20(25)18(15)19(22-16)24-10-8-23(9-11-24)17-5-3-4-7-21-17/h3-5,7,13-14H,6,8-12H2,1-2H3. The second kappa shape index (κ2) is 6.94. The predicted molar refractivity (Wildman–Crippen MR) is 101 cm³/mol. The number of hydrogen-bond acceptors (Lipinski definition) is 6. The van der Waals surface area contributed by atoms with Crippen LogP contribution in [0.15, 0.2) is 30.5 Å². The highest BCUT2D eigenvalue weighted by Gasteiger charge is 2.29. The molecule has 0 unspecified atom stereocenters. The van der Waals surface area contributed by atoms with Gasteiger partial charge in [-0.1, -0.05) is 19.9 Å². The minimum Gasteiger partial charge on any atom is -0.462 e. The number of cyclic esters (lactones) is 1. The molecule has 2 aliphatic heterocycles. The number of anilines is 2. The molecule has 0 spiro atoms. The number of nitrogens with zero attached hydrogens (tertiary/aromatic N) is 4. The second-order valence-corrected chi connectivity index (χ2v) is 7.11. The van der Waals surface area contributed by atoms with Gasteiger partial charge in [0.25, 0.3) is 0 Å². The average molecular weight is 352 g/mol. The summed E-state index contributed by atoms with van der Waals surface area (Å²) in [5.74, 6) is 1.87. The van der Waals surface area contributed by atoms with Crippen molar-refractivity contribution < 1.29 is 9.53 Å². The third kappa shape index (κ3) is 3.11. The van der Waals surface area contributed by atoms with Crippen LogP contribution < -0.4 is 9.80 Å². The molecule has 0 amide bonds. The maximum absolute atomic E-state index is 12.4. The van der Waals surface area contributed by atoms with Crippen LogP contribution in [0.25, 0.3) is 0 Å². The number of carbonyl (C=O) groups is 1. The normalized spacial score (nSPS) is 17.3. The monoisotopic (exact) mass is 352 g/mol. The molecule has 0 radical (unpaired) electrons. The van der Waals surface area contributed by atoms with E-state index in [9.17, 15) is 4.79 Å². The molecule has 136 valence electrons. The zero-order valence-corrected chi connectivity index (χ0v) is 15.3. The SMILES string of the molecule is CC(C)c1cc2c(c(N3CCN(c4ccccn4)CC3)n1)C(=O)OCC2. The number of piperazine rings is 1. The van der Waals surface area contributed by atoms with Crippen LogP contribution in [0.1, 0.15) is 41.4 Å². The largest absolute Gasteiger partial charge is 0.462 e. The topological polar surface area (TPSA) is 58.6 Å². The van der Waals surface area contributed by atoms with E-state index < -0.39 is 0 Å². The first-order chi connectivity index (χ1) is 12.6. The van der Waals surface area contributed by atoms with Crippen LogP contribution in [0.2, 0.25) is 0 Å². The van der Waals surface area contributed by atoms with E-state index in [2.05, 4.69) is 34.7 Å². The van der Waals surface area contributed by atoms with E-state index in [0.717, 1.165) is 55.5 Å². The maximum atomic E-state index is 12.4. The van der Waals surface area contributed by atoms with Crippen molar-refractivity contribution in [2.75, 3.05) is 42.6 Å². The van der Waals surface area contributed by atoms with Crippen molar-refractivity contribution >= 4 is 17.6 Å². The zero-order chi connectivity index (χ0) is 18.1. The molecule has 6 heteroatoms. The quantitative estimate of drug-likeness (QED) is 0.792. The van der Waals surface area contributed by atoms with Gasteiger partial charge in [-0.15, -0.1) is 0 Å². The molecule has 0 aliphatic carbocycles. The number of carbonyl (C=O) groups excluding carboxylic acids is 1. The van der Waals surface area contributed by atoms with Crippen molar-refractivity contribution in [3.8, 4) is 0 Å². The fraction of sp³-hybridized carbons (Fsp3) is 0.450. The zero-order valence-electron chi connectivity index (χ0n) is 15.3. The number of ether oxygens (including phenoxy) is 1. The van der Waals surface area contributed by atoms with E-state index in [4.69, 9.17) is 9.72 Å². The summed E-state index contributed by atoms with van der Waals surface area (Å²) in [4.78, 5) is 26.2. The summed E-state index contributed by atoms with van der Waals surface area (Å²) in [6.07, 6.45) is 2.59. The third-order valence-corrected chi connectivity index (χ3v) is 5.05. The Labute approximate surface area is 153 Å². The van der Waals surface area contributed by atoms with Crippen LogP contribution in [0.4, 0.5) is 11.6 Å². The highest BCUT2D eigenvalue weighted by Crippen LogP contribution is 2.30. The molecular weight excluding hydrogens is 328 g/mol. The lowest BCUT2D eigenvalue weighted by atomic mass is 9.98. The number of fused-ring (bicyclic) bond motifs is 1. The van der Waals surface area contributed by atoms with Gasteiger partial charge in [-0.05, 0) is 29.7 Å². The van der Waals surface area contributed by atoms with Gasteiger partial charge in [0.1, 0.15) is 17.2 Å². The number of rotatable bonds is 3. The summed E-state index contributed by atoms with van der Waals surface area (Å²) in [6, 6.07) is 8.05. The minimum absolute atomic E-state index is 0.240. The highest BCUT2D eigenvalue weighted by atomic mass is 16.5. The van der Waals surface area contributed by atoms with E-state index >= 15 is 0 Å². The number of hydrogen-bond donors (Lipinski definition) is 0. The molecule has 0 saturated carbocycles. The molecular formula is C20H24N4O2. The highest BCUT2D eigenvalue weighted by molar-refractivity contribution is 5.97. The molecule has 4 heterocycles. The predicted octanol–water partition coefficient (Wildman–Crippen LogP) is 2.64. The van der Waals surface area contributed by atoms with Crippen LogP contribution in [0, 0.1) is 0 Å². The molecule has 2 aromatic heterocycles. The maximum Gasteiger partial charge on any atom is 0.342 e. The fourth-order valence-electron chi connectivity index (χ4n) is 3.56. The smallest absolute Gasteiger partial charge is 0.342 e. The molecule has 1 saturated heterocycles. The Morgan fingerprint density at radius 3 is 2.58 bits per heavy atom. The summed E-state index contributed by atoms with van der Waals surface area (Å²) in [5.41, 5.74) is 2.77. The number of esters is 1. The van der Waals surface area contributed by atoms with Crippen LogP contribution in [-0.2, 0) is 11.2 Å². The van der Waals surface area contributed by atoms with Gasteiger partial charge in [0, 0.05) is 44.5 Å². The van der Waals surface area contributed by atoms with Gasteiger partial charge in [0.15, 0.2) is 0 Å². The second-order valence-electron chi connectivity index (χ2n) is 7.11. The summed E-state index contributed by atoms with van der Waals surface area (Å²) in [7, 11) is 0. The Hall–Kier alpha value is -2.63. The third-order valence-electron chi connectivity index (χ3n) is 5.05. The number of pyridine rings is 2. The van der Waals surface area contributed by atoms with Crippen molar-refractivity contribution in [2.24, 2.45) is 0 Å². The Kier molecular flexibility index (Phi) is 4.49. The lowest BCUT2D eigenvalue weighted by Crippen LogP contribution is -2.47. The first kappa shape index (κ1) is 16.8. The van der Waals surface area contributed by atoms with Crippen LogP contribution in [0.5, 0.6) is 0 Å². The summed E-state index contributed by atoms with van der Waals surface area (Å²) in [6.45, 7) is 8.07. The molecule has 26 heavy (non-hydrogen) atoms. The van der Waals surface area contributed by atoms with Crippen molar-refractivity contribution in [2.45, 2.75) is 26.2 Å². The van der Waals surface area contributed by atoms with Gasteiger partial charge in [0.2, 0.25) is 0 Å². The molecule has 0 bridgehead atoms. The van der Waals surface area contributed by atoms with Crippen molar-refractivity contribution in [3.63, 3.8) is 0 Å². The Morgan fingerprint density at radius 2 is 1.88 bits per heavy atom. The van der Waals surface area contributed by atoms with Gasteiger partial charge in [-0.2, -0.15) is 0 Å². The van der Waals surface area contributed by atoms with Crippen LogP contribution in [-0.4, -0.2) is 48.7 Å². The van der Waals surface area contributed by atoms with Crippen molar-refractivity contribution in [1.29, 1.82) is 0 Å². The summed E-state index contributed by atoms with van der Waals surface area (Å²) < 4.78 is 5.30. The fourth-order valence-corrected chi connectivity index (χ4v) is 3.56. The van der Waals surface area contributed by atoms with E-state index in [-0.39, 0.29) is 5.97 Å². The first-order valence-electron chi connectivity index (χ1n) is 9.25. The first-order valence-corrected chi connectivity index (χ1v) is 9.25. The molecule has 6 nitrogen and oxygen atoms in total. The van der Waals surface area contributed by atoms with E-state index in [1.807, 2.05) is 24.4 Å². The molecule has 2 aromatic rings. The molecule has 1 fully saturated rings. The Bertz CT molecular complexity index is 799. The molecule has 0 atom stereocenters. The minimum atomic E-state index is -0.240. The van der Waals surface area contributed by atoms with Crippen molar-refractivity contribution in [1.82, 2.24) is 9.97 Å². The van der Waals surface area contributed by atoms with Gasteiger partial charge in [-0.3, -0.25) is 0 Å². The van der Waals surface area contributed by atoms with E-state index in [0.29, 0.717) is 18.1 Å². The Morgan fingerprint density at radius 1 is 1.12 bits per heavy atom. The van der Waals surface area contributed by atoms with E-state index in [1.165, 1.54) is 0 Å². The molecule has 0 aromatic carbocycles. The lowest BCUT2D eigenvalue weighted by Gasteiger charge is -2.37.